The molecular weight excluding hydrogens is 346 g/mol. The molecule has 5 heteroatoms. The van der Waals surface area contributed by atoms with Gasteiger partial charge in [0.05, 0.1) is 6.61 Å². The Bertz CT molecular complexity index is 445. The minimum Gasteiger partial charge on any atom is -0.444 e. The Kier molecular flexibility index (Phi) is 14.5. The van der Waals surface area contributed by atoms with Crippen molar-refractivity contribution in [3.05, 3.63) is 36.3 Å². The minimum absolute atomic E-state index is 0.0702. The Labute approximate surface area is 165 Å². The van der Waals surface area contributed by atoms with Crippen molar-refractivity contribution in [1.29, 1.82) is 0 Å². The number of piperidine rings is 1. The molecule has 1 amide bonds. The average molecular weight is 386 g/mol. The van der Waals surface area contributed by atoms with Gasteiger partial charge in [-0.05, 0) is 39.7 Å². The van der Waals surface area contributed by atoms with Crippen molar-refractivity contribution in [3.63, 3.8) is 0 Å². The lowest BCUT2D eigenvalue weighted by molar-refractivity contribution is 0.0179. The first kappa shape index (κ1) is 27.0. The Morgan fingerprint density at radius 2 is 1.73 bits per heavy atom. The van der Waals surface area contributed by atoms with Gasteiger partial charge in [-0.1, -0.05) is 53.0 Å². The summed E-state index contributed by atoms with van der Waals surface area (Å²) in [6.07, 6.45) is 6.56. The summed E-state index contributed by atoms with van der Waals surface area (Å²) in [6, 6.07) is 0. The molecule has 0 spiro atoms. The van der Waals surface area contributed by atoms with Crippen LogP contribution in [0, 0.1) is 0 Å². The van der Waals surface area contributed by atoms with Gasteiger partial charge in [0.25, 0.3) is 0 Å². The molecule has 0 saturated carbocycles. The normalized spacial score (nSPS) is 15.9. The zero-order chi connectivity index (χ0) is 20.8. The highest BCUT2D eigenvalue weighted by atomic mass is 32.2. The topological polar surface area (TPSA) is 49.8 Å². The van der Waals surface area contributed by atoms with Gasteiger partial charge < -0.3 is 14.7 Å². The number of hydrogen-bond donors (Lipinski definition) is 1. The molecule has 0 atom stereocenters. The third-order valence-corrected chi connectivity index (χ3v) is 4.75. The summed E-state index contributed by atoms with van der Waals surface area (Å²) in [7, 11) is 0. The molecule has 1 rings (SSSR count). The maximum absolute atomic E-state index is 12.1. The summed E-state index contributed by atoms with van der Waals surface area (Å²) < 4.78 is 5.11. The van der Waals surface area contributed by atoms with Crippen LogP contribution in [0.4, 0.5) is 4.79 Å². The van der Waals surface area contributed by atoms with E-state index in [9.17, 15) is 9.90 Å². The standard InChI is InChI=1S/C17H27NO3S.2C2H6/c1-6-7-8-14(2)22-17(13-19)9-11-18(12-10-17)15(20)21-16(3,4)5;2*1-2/h6-8,19H,1-2,9-13H2,3-5H3;2*1-2H3/b8-7-;;. The van der Waals surface area contributed by atoms with Crippen molar-refractivity contribution in [1.82, 2.24) is 4.90 Å². The number of aliphatic hydroxyl groups excluding tert-OH is 1. The second-order valence-electron chi connectivity index (χ2n) is 6.47. The molecule has 152 valence electrons. The highest BCUT2D eigenvalue weighted by Gasteiger charge is 2.37. The predicted molar refractivity (Wildman–Crippen MR) is 116 cm³/mol. The average Bonchev–Trinajstić information content (AvgIpc) is 2.62. The number of allylic oxidation sites excluding steroid dienone is 3. The largest absolute Gasteiger partial charge is 0.444 e. The van der Waals surface area contributed by atoms with Gasteiger partial charge in [-0.25, -0.2) is 4.79 Å². The predicted octanol–water partition coefficient (Wildman–Crippen LogP) is 5.79. The van der Waals surface area contributed by atoms with E-state index in [-0.39, 0.29) is 17.4 Å². The van der Waals surface area contributed by atoms with Crippen LogP contribution in [0.2, 0.25) is 0 Å². The van der Waals surface area contributed by atoms with Crippen LogP contribution < -0.4 is 0 Å². The van der Waals surface area contributed by atoms with Gasteiger partial charge in [0.1, 0.15) is 5.60 Å². The number of aliphatic hydroxyl groups is 1. The number of rotatable bonds is 5. The van der Waals surface area contributed by atoms with Crippen LogP contribution in [0.3, 0.4) is 0 Å². The third-order valence-electron chi connectivity index (χ3n) is 3.38. The fraction of sp³-hybridized carbons (Fsp3) is 0.667. The molecular formula is C21H39NO3S. The smallest absolute Gasteiger partial charge is 0.410 e. The number of carbonyl (C=O) groups excluding carboxylic acids is 1. The van der Waals surface area contributed by atoms with Crippen LogP contribution in [0.1, 0.15) is 61.3 Å². The second kappa shape index (κ2) is 13.9. The van der Waals surface area contributed by atoms with Crippen molar-refractivity contribution >= 4 is 17.9 Å². The molecule has 0 aromatic carbocycles. The van der Waals surface area contributed by atoms with Gasteiger partial charge in [-0.2, -0.15) is 0 Å². The maximum Gasteiger partial charge on any atom is 0.410 e. The Morgan fingerprint density at radius 3 is 2.12 bits per heavy atom. The Morgan fingerprint density at radius 1 is 1.23 bits per heavy atom. The summed E-state index contributed by atoms with van der Waals surface area (Å²) in [5.41, 5.74) is -0.485. The van der Waals surface area contributed by atoms with Gasteiger partial charge in [0.15, 0.2) is 0 Å². The summed E-state index contributed by atoms with van der Waals surface area (Å²) in [6.45, 7) is 22.4. The van der Waals surface area contributed by atoms with Crippen LogP contribution in [0.15, 0.2) is 36.3 Å². The van der Waals surface area contributed by atoms with Gasteiger partial charge >= 0.3 is 6.09 Å². The summed E-state index contributed by atoms with van der Waals surface area (Å²) >= 11 is 1.58. The van der Waals surface area contributed by atoms with Crippen molar-refractivity contribution in [2.45, 2.75) is 71.7 Å². The van der Waals surface area contributed by atoms with Crippen molar-refractivity contribution in [2.24, 2.45) is 0 Å². The van der Waals surface area contributed by atoms with Crippen LogP contribution >= 0.6 is 11.8 Å². The lowest BCUT2D eigenvalue weighted by Gasteiger charge is -2.40. The van der Waals surface area contributed by atoms with E-state index in [4.69, 9.17) is 4.74 Å². The summed E-state index contributed by atoms with van der Waals surface area (Å²) in [5, 5.41) is 9.79. The molecule has 1 saturated heterocycles. The maximum atomic E-state index is 12.1. The zero-order valence-corrected chi connectivity index (χ0v) is 18.6. The summed E-state index contributed by atoms with van der Waals surface area (Å²) in [5.74, 6) is 0. The van der Waals surface area contributed by atoms with Gasteiger partial charge in [-0.3, -0.25) is 0 Å². The fourth-order valence-electron chi connectivity index (χ4n) is 2.20. The lowest BCUT2D eigenvalue weighted by Crippen LogP contribution is -2.48. The molecule has 1 heterocycles. The number of nitrogens with zero attached hydrogens (tertiary/aromatic N) is 1. The monoisotopic (exact) mass is 385 g/mol. The van der Waals surface area contributed by atoms with Crippen molar-refractivity contribution in [2.75, 3.05) is 19.7 Å². The molecule has 0 unspecified atom stereocenters. The zero-order valence-electron chi connectivity index (χ0n) is 17.8. The van der Waals surface area contributed by atoms with Crippen LogP contribution in [0.5, 0.6) is 0 Å². The van der Waals surface area contributed by atoms with Crippen LogP contribution in [0.25, 0.3) is 0 Å². The minimum atomic E-state index is -0.485. The molecule has 0 aromatic heterocycles. The number of carbonyl (C=O) groups is 1. The van der Waals surface area contributed by atoms with E-state index < -0.39 is 5.60 Å². The summed E-state index contributed by atoms with van der Waals surface area (Å²) in [4.78, 5) is 14.7. The molecule has 1 aliphatic rings. The first-order valence-corrected chi connectivity index (χ1v) is 10.3. The lowest BCUT2D eigenvalue weighted by atomic mass is 9.97. The van der Waals surface area contributed by atoms with Crippen LogP contribution in [-0.4, -0.2) is 46.1 Å². The van der Waals surface area contributed by atoms with E-state index in [1.54, 1.807) is 22.7 Å². The number of likely N-dealkylation sites (tertiary alicyclic amines) is 1. The molecule has 26 heavy (non-hydrogen) atoms. The SMILES string of the molecule is C=C/C=C\C(=C)SC1(CO)CCN(C(=O)OC(C)(C)C)CC1.CC.CC. The first-order chi connectivity index (χ1) is 12.2. The van der Waals surface area contributed by atoms with Gasteiger partial charge in [-0.15, -0.1) is 11.8 Å². The molecule has 0 aliphatic carbocycles. The van der Waals surface area contributed by atoms with Gasteiger partial charge in [0.2, 0.25) is 0 Å². The van der Waals surface area contributed by atoms with E-state index >= 15 is 0 Å². The highest BCUT2D eigenvalue weighted by Crippen LogP contribution is 2.40. The molecule has 1 fully saturated rings. The fourth-order valence-corrected chi connectivity index (χ4v) is 3.36. The molecule has 4 nitrogen and oxygen atoms in total. The van der Waals surface area contributed by atoms with Crippen molar-refractivity contribution < 1.29 is 14.6 Å². The molecule has 0 aromatic rings. The Balaban J connectivity index is 0. The molecule has 0 radical (unpaired) electrons. The van der Waals surface area contributed by atoms with E-state index in [0.29, 0.717) is 25.9 Å². The van der Waals surface area contributed by atoms with Crippen molar-refractivity contribution in [3.8, 4) is 0 Å². The third kappa shape index (κ3) is 10.7. The second-order valence-corrected chi connectivity index (χ2v) is 8.07. The Hall–Kier alpha value is -1.20. The molecule has 0 bridgehead atoms. The number of hydrogen-bond acceptors (Lipinski definition) is 4. The number of ether oxygens (including phenoxy) is 1. The number of thioether (sulfide) groups is 1. The van der Waals surface area contributed by atoms with Gasteiger partial charge in [0, 0.05) is 22.7 Å². The van der Waals surface area contributed by atoms with E-state index in [1.807, 2.05) is 60.6 Å². The van der Waals surface area contributed by atoms with E-state index in [2.05, 4.69) is 13.2 Å². The number of amides is 1. The highest BCUT2D eigenvalue weighted by molar-refractivity contribution is 8.04. The molecule has 1 N–H and O–H groups in total. The first-order valence-electron chi connectivity index (χ1n) is 9.47. The van der Waals surface area contributed by atoms with Crippen LogP contribution in [-0.2, 0) is 4.74 Å². The quantitative estimate of drug-likeness (QED) is 0.609. The van der Waals surface area contributed by atoms with E-state index in [1.165, 1.54) is 0 Å². The molecule has 1 aliphatic heterocycles. The van der Waals surface area contributed by atoms with E-state index in [0.717, 1.165) is 4.91 Å².